The van der Waals surface area contributed by atoms with Crippen LogP contribution in [0.25, 0.3) is 0 Å². The van der Waals surface area contributed by atoms with Crippen molar-refractivity contribution >= 4 is 11.4 Å². The second-order valence-corrected chi connectivity index (χ2v) is 3.99. The molecule has 0 aliphatic carbocycles. The van der Waals surface area contributed by atoms with Crippen molar-refractivity contribution in [1.82, 2.24) is 4.65 Å². The number of anilines is 1. The van der Waals surface area contributed by atoms with E-state index in [0.717, 1.165) is 24.2 Å². The summed E-state index contributed by atoms with van der Waals surface area (Å²) >= 11 is 0. The highest BCUT2D eigenvalue weighted by molar-refractivity contribution is 5.51. The van der Waals surface area contributed by atoms with Crippen LogP contribution in [-0.4, -0.2) is 13.1 Å². The smallest absolute Gasteiger partial charge is 0.132 e. The molecule has 14 heavy (non-hydrogen) atoms. The minimum atomic E-state index is -0.166. The third-order valence-corrected chi connectivity index (χ3v) is 2.90. The molecule has 1 aliphatic rings. The molecule has 2 N–H and O–H groups in total. The minimum Gasteiger partial charge on any atom is -0.627 e. The van der Waals surface area contributed by atoms with Crippen LogP contribution in [-0.2, 0) is 0 Å². The predicted molar refractivity (Wildman–Crippen MR) is 59.6 cm³/mol. The lowest BCUT2D eigenvalue weighted by atomic mass is 10.1. The van der Waals surface area contributed by atoms with Crippen molar-refractivity contribution in [2.24, 2.45) is 0 Å². The zero-order chi connectivity index (χ0) is 10.0. The number of rotatable bonds is 1. The van der Waals surface area contributed by atoms with Gasteiger partial charge in [-0.25, -0.2) is 0 Å². The summed E-state index contributed by atoms with van der Waals surface area (Å²) in [5.74, 6) is 0. The molecule has 1 saturated heterocycles. The van der Waals surface area contributed by atoms with E-state index in [1.807, 2.05) is 24.3 Å². The quantitative estimate of drug-likeness (QED) is 0.421. The minimum absolute atomic E-state index is 0.166. The average Bonchev–Trinajstić information content (AvgIpc) is 2.19. The van der Waals surface area contributed by atoms with E-state index in [0.29, 0.717) is 13.1 Å². The van der Waals surface area contributed by atoms with Crippen LogP contribution in [0.5, 0.6) is 0 Å². The molecule has 3 nitrogen and oxygen atoms in total. The van der Waals surface area contributed by atoms with Crippen LogP contribution in [0, 0.1) is 5.21 Å². The summed E-state index contributed by atoms with van der Waals surface area (Å²) in [4.78, 5) is 0. The van der Waals surface area contributed by atoms with Crippen LogP contribution < -0.4 is 10.4 Å². The summed E-state index contributed by atoms with van der Waals surface area (Å²) in [5, 5.41) is 12.3. The van der Waals surface area contributed by atoms with Gasteiger partial charge >= 0.3 is 0 Å². The van der Waals surface area contributed by atoms with Crippen LogP contribution in [0.1, 0.15) is 19.3 Å². The highest BCUT2D eigenvalue weighted by atomic mass is 16.5. The zero-order valence-corrected chi connectivity index (χ0v) is 8.28. The number of nitrogens with zero attached hydrogens (tertiary/aromatic N) is 1. The molecule has 0 radical (unpaired) electrons. The number of nitrogen functional groups attached to an aromatic ring is 1. The van der Waals surface area contributed by atoms with E-state index in [9.17, 15) is 5.21 Å². The first kappa shape index (κ1) is 9.49. The maximum absolute atomic E-state index is 12.3. The summed E-state index contributed by atoms with van der Waals surface area (Å²) in [6.45, 7) is 1.42. The topological polar surface area (TPSA) is 49.1 Å². The van der Waals surface area contributed by atoms with Gasteiger partial charge in [0.25, 0.3) is 0 Å². The number of benzene rings is 1. The van der Waals surface area contributed by atoms with E-state index in [4.69, 9.17) is 5.73 Å². The Morgan fingerprint density at radius 3 is 2.14 bits per heavy atom. The lowest BCUT2D eigenvalue weighted by molar-refractivity contribution is 0.307. The molecule has 0 aromatic heterocycles. The molecular weight excluding hydrogens is 176 g/mol. The third-order valence-electron chi connectivity index (χ3n) is 2.90. The van der Waals surface area contributed by atoms with Crippen LogP contribution in [0.2, 0.25) is 0 Å². The Morgan fingerprint density at radius 1 is 1.00 bits per heavy atom. The average molecular weight is 192 g/mol. The largest absolute Gasteiger partial charge is 0.627 e. The van der Waals surface area contributed by atoms with Gasteiger partial charge in [0.05, 0.1) is 13.1 Å². The van der Waals surface area contributed by atoms with Crippen LogP contribution in [0.15, 0.2) is 24.3 Å². The SMILES string of the molecule is Nc1ccc([N+]2([O-])CCCCC2)cc1. The first-order valence-corrected chi connectivity index (χ1v) is 5.15. The van der Waals surface area contributed by atoms with Gasteiger partial charge in [-0.2, -0.15) is 0 Å². The molecule has 76 valence electrons. The van der Waals surface area contributed by atoms with Gasteiger partial charge in [-0.15, -0.1) is 0 Å². The van der Waals surface area contributed by atoms with Gasteiger partial charge in [0, 0.05) is 17.8 Å². The molecule has 0 saturated carbocycles. The Labute approximate surface area is 84.3 Å². The second kappa shape index (κ2) is 3.59. The van der Waals surface area contributed by atoms with Gasteiger partial charge in [0.15, 0.2) is 0 Å². The van der Waals surface area contributed by atoms with Crippen LogP contribution >= 0.6 is 0 Å². The summed E-state index contributed by atoms with van der Waals surface area (Å²) in [6.07, 6.45) is 3.26. The van der Waals surface area contributed by atoms with Gasteiger partial charge in [0.2, 0.25) is 0 Å². The second-order valence-electron chi connectivity index (χ2n) is 3.99. The first-order valence-electron chi connectivity index (χ1n) is 5.15. The molecule has 3 heteroatoms. The van der Waals surface area contributed by atoms with Crippen molar-refractivity contribution in [3.63, 3.8) is 0 Å². The fourth-order valence-electron chi connectivity index (χ4n) is 2.03. The van der Waals surface area contributed by atoms with E-state index in [1.165, 1.54) is 6.42 Å². The van der Waals surface area contributed by atoms with Crippen LogP contribution in [0.3, 0.4) is 0 Å². The van der Waals surface area contributed by atoms with Gasteiger partial charge < -0.3 is 15.6 Å². The molecule has 1 heterocycles. The lowest BCUT2D eigenvalue weighted by Gasteiger charge is -2.44. The Balaban J connectivity index is 2.23. The maximum Gasteiger partial charge on any atom is 0.132 e. The summed E-state index contributed by atoms with van der Waals surface area (Å²) in [5.41, 5.74) is 7.16. The van der Waals surface area contributed by atoms with Gasteiger partial charge in [-0.05, 0) is 31.4 Å². The van der Waals surface area contributed by atoms with Gasteiger partial charge in [0.1, 0.15) is 5.69 Å². The molecule has 0 atom stereocenters. The third kappa shape index (κ3) is 1.74. The molecule has 1 aromatic carbocycles. The molecule has 1 aromatic rings. The molecule has 1 aliphatic heterocycles. The summed E-state index contributed by atoms with van der Waals surface area (Å²) in [6, 6.07) is 7.32. The molecule has 0 bridgehead atoms. The van der Waals surface area contributed by atoms with E-state index < -0.39 is 0 Å². The van der Waals surface area contributed by atoms with E-state index >= 15 is 0 Å². The van der Waals surface area contributed by atoms with E-state index in [2.05, 4.69) is 0 Å². The van der Waals surface area contributed by atoms with Crippen LogP contribution in [0.4, 0.5) is 11.4 Å². The van der Waals surface area contributed by atoms with Crippen molar-refractivity contribution in [3.8, 4) is 0 Å². The molecule has 2 rings (SSSR count). The highest BCUT2D eigenvalue weighted by Gasteiger charge is 2.22. The Bertz CT molecular complexity index is 302. The number of piperidine rings is 1. The molecule has 0 amide bonds. The zero-order valence-electron chi connectivity index (χ0n) is 8.28. The number of hydroxylamine groups is 2. The number of hydrogen-bond donors (Lipinski definition) is 1. The molecule has 1 fully saturated rings. The van der Waals surface area contributed by atoms with E-state index in [-0.39, 0.29) is 4.65 Å². The number of nitrogens with two attached hydrogens (primary N) is 1. The standard InChI is InChI=1S/C11H16N2O/c12-10-4-6-11(7-5-10)13(14)8-2-1-3-9-13/h4-7H,1-3,8-9,12H2. The molecule has 0 unspecified atom stereocenters. The highest BCUT2D eigenvalue weighted by Crippen LogP contribution is 2.27. The normalized spacial score (nSPS) is 20.6. The monoisotopic (exact) mass is 192 g/mol. The summed E-state index contributed by atoms with van der Waals surface area (Å²) < 4.78 is -0.166. The molecule has 0 spiro atoms. The fraction of sp³-hybridized carbons (Fsp3) is 0.455. The Kier molecular flexibility index (Phi) is 2.44. The van der Waals surface area contributed by atoms with Gasteiger partial charge in [-0.3, -0.25) is 0 Å². The lowest BCUT2D eigenvalue weighted by Crippen LogP contribution is -2.47. The van der Waals surface area contributed by atoms with E-state index in [1.54, 1.807) is 0 Å². The Morgan fingerprint density at radius 2 is 1.57 bits per heavy atom. The van der Waals surface area contributed by atoms with Crippen molar-refractivity contribution < 1.29 is 0 Å². The van der Waals surface area contributed by atoms with Crippen molar-refractivity contribution in [1.29, 1.82) is 0 Å². The van der Waals surface area contributed by atoms with Crippen molar-refractivity contribution in [3.05, 3.63) is 29.5 Å². The van der Waals surface area contributed by atoms with Crippen molar-refractivity contribution in [2.75, 3.05) is 18.8 Å². The maximum atomic E-state index is 12.3. The summed E-state index contributed by atoms with van der Waals surface area (Å²) in [7, 11) is 0. The number of hydrogen-bond acceptors (Lipinski definition) is 2. The van der Waals surface area contributed by atoms with Gasteiger partial charge in [-0.1, -0.05) is 0 Å². The fourth-order valence-corrected chi connectivity index (χ4v) is 2.03. The first-order chi connectivity index (χ1) is 6.71. The Hall–Kier alpha value is -1.06. The molecular formula is C11H16N2O. The van der Waals surface area contributed by atoms with Crippen molar-refractivity contribution in [2.45, 2.75) is 19.3 Å². The number of quaternary nitrogens is 1. The predicted octanol–water partition coefficient (Wildman–Crippen LogP) is 2.26.